The predicted octanol–water partition coefficient (Wildman–Crippen LogP) is 3.70. The first kappa shape index (κ1) is 19.2. The number of benzene rings is 2. The van der Waals surface area contributed by atoms with Crippen molar-refractivity contribution in [2.24, 2.45) is 5.73 Å². The Bertz CT molecular complexity index is 547. The van der Waals surface area contributed by atoms with Gasteiger partial charge in [-0.3, -0.25) is 4.79 Å². The van der Waals surface area contributed by atoms with Gasteiger partial charge in [0.1, 0.15) is 12.0 Å². The Morgan fingerprint density at radius 2 is 1.48 bits per heavy atom. The molecule has 3 nitrogen and oxygen atoms in total. The van der Waals surface area contributed by atoms with E-state index in [9.17, 15) is 4.79 Å². The van der Waals surface area contributed by atoms with Crippen molar-refractivity contribution in [2.75, 3.05) is 13.2 Å². The maximum absolute atomic E-state index is 12.9. The second-order valence-corrected chi connectivity index (χ2v) is 5.31. The highest BCUT2D eigenvalue weighted by atomic mass is 35.5. The molecule has 0 unspecified atom stereocenters. The van der Waals surface area contributed by atoms with Gasteiger partial charge in [0.05, 0.1) is 0 Å². The van der Waals surface area contributed by atoms with Crippen molar-refractivity contribution in [3.05, 3.63) is 71.8 Å². The summed E-state index contributed by atoms with van der Waals surface area (Å²) in [6.45, 7) is 2.65. The fourth-order valence-electron chi connectivity index (χ4n) is 2.89. The molecule has 0 saturated heterocycles. The van der Waals surface area contributed by atoms with Gasteiger partial charge in [0, 0.05) is 6.54 Å². The van der Waals surface area contributed by atoms with Crippen LogP contribution in [-0.4, -0.2) is 19.1 Å². The monoisotopic (exact) mass is 333 g/mol. The van der Waals surface area contributed by atoms with Crippen molar-refractivity contribution in [3.8, 4) is 0 Å². The molecule has 2 rings (SSSR count). The lowest BCUT2D eigenvalue weighted by Gasteiger charge is -2.32. The smallest absolute Gasteiger partial charge is 0.321 e. The quantitative estimate of drug-likeness (QED) is 0.786. The normalized spacial score (nSPS) is 10.7. The zero-order valence-electron chi connectivity index (χ0n) is 13.4. The average molecular weight is 334 g/mol. The Kier molecular flexibility index (Phi) is 7.79. The highest BCUT2D eigenvalue weighted by Crippen LogP contribution is 2.38. The molecule has 2 N–H and O–H groups in total. The van der Waals surface area contributed by atoms with Gasteiger partial charge < -0.3 is 10.5 Å². The number of halogens is 1. The Balaban J connectivity index is 0.00000264. The number of nitrogens with two attached hydrogens (primary N) is 1. The Hall–Kier alpha value is -1.84. The van der Waals surface area contributed by atoms with E-state index < -0.39 is 5.41 Å². The van der Waals surface area contributed by atoms with Crippen LogP contribution in [0.1, 0.15) is 30.9 Å². The SMILES string of the molecule is CCCC(C(=O)OCCN)(c1ccccc1)c1ccccc1.Cl. The fraction of sp³-hybridized carbons (Fsp3) is 0.316. The summed E-state index contributed by atoms with van der Waals surface area (Å²) in [5.74, 6) is -0.225. The number of hydrogen-bond acceptors (Lipinski definition) is 3. The van der Waals surface area contributed by atoms with Crippen molar-refractivity contribution in [1.29, 1.82) is 0 Å². The molecule has 0 spiro atoms. The maximum atomic E-state index is 12.9. The lowest BCUT2D eigenvalue weighted by molar-refractivity contribution is -0.149. The molecule has 0 saturated carbocycles. The van der Waals surface area contributed by atoms with Crippen LogP contribution in [0.15, 0.2) is 60.7 Å². The molecule has 0 aliphatic heterocycles. The molecule has 4 heteroatoms. The van der Waals surface area contributed by atoms with E-state index in [1.54, 1.807) is 0 Å². The number of hydrogen-bond donors (Lipinski definition) is 1. The summed E-state index contributed by atoms with van der Waals surface area (Å²) in [6.07, 6.45) is 1.58. The summed E-state index contributed by atoms with van der Waals surface area (Å²) in [5.41, 5.74) is 6.65. The third kappa shape index (κ3) is 4.12. The second-order valence-electron chi connectivity index (χ2n) is 5.31. The van der Waals surface area contributed by atoms with E-state index in [2.05, 4.69) is 6.92 Å². The van der Waals surface area contributed by atoms with Gasteiger partial charge in [0.2, 0.25) is 0 Å². The summed E-state index contributed by atoms with van der Waals surface area (Å²) in [4.78, 5) is 12.9. The molecular formula is C19H24ClNO2. The van der Waals surface area contributed by atoms with Gasteiger partial charge in [-0.15, -0.1) is 12.4 Å². The number of esters is 1. The van der Waals surface area contributed by atoms with Crippen molar-refractivity contribution < 1.29 is 9.53 Å². The molecule has 23 heavy (non-hydrogen) atoms. The molecule has 0 aromatic heterocycles. The lowest BCUT2D eigenvalue weighted by Crippen LogP contribution is -2.39. The summed E-state index contributed by atoms with van der Waals surface area (Å²) in [5, 5.41) is 0. The van der Waals surface area contributed by atoms with E-state index >= 15 is 0 Å². The molecular weight excluding hydrogens is 310 g/mol. The van der Waals surface area contributed by atoms with Gasteiger partial charge in [0.15, 0.2) is 0 Å². The van der Waals surface area contributed by atoms with Crippen molar-refractivity contribution in [1.82, 2.24) is 0 Å². The Labute approximate surface area is 144 Å². The molecule has 2 aromatic carbocycles. The molecule has 2 aromatic rings. The number of rotatable bonds is 7. The summed E-state index contributed by atoms with van der Waals surface area (Å²) >= 11 is 0. The van der Waals surface area contributed by atoms with Crippen LogP contribution >= 0.6 is 12.4 Å². The molecule has 0 amide bonds. The maximum Gasteiger partial charge on any atom is 0.321 e. The van der Waals surface area contributed by atoms with E-state index in [0.29, 0.717) is 13.0 Å². The van der Waals surface area contributed by atoms with Crippen LogP contribution in [-0.2, 0) is 14.9 Å². The topological polar surface area (TPSA) is 52.3 Å². The van der Waals surface area contributed by atoms with Crippen LogP contribution in [0.3, 0.4) is 0 Å². The molecule has 0 radical (unpaired) electrons. The zero-order chi connectivity index (χ0) is 15.8. The fourth-order valence-corrected chi connectivity index (χ4v) is 2.89. The van der Waals surface area contributed by atoms with Crippen molar-refractivity contribution in [3.63, 3.8) is 0 Å². The predicted molar refractivity (Wildman–Crippen MR) is 95.8 cm³/mol. The second kappa shape index (κ2) is 9.33. The standard InChI is InChI=1S/C19H23NO2.ClH/c1-2-13-19(18(21)22-15-14-20,16-9-5-3-6-10-16)17-11-7-4-8-12-17;/h3-12H,2,13-15,20H2,1H3;1H. The van der Waals surface area contributed by atoms with Gasteiger partial charge in [-0.25, -0.2) is 0 Å². The average Bonchev–Trinajstić information content (AvgIpc) is 2.59. The van der Waals surface area contributed by atoms with Crippen LogP contribution < -0.4 is 5.73 Å². The third-order valence-electron chi connectivity index (χ3n) is 3.86. The van der Waals surface area contributed by atoms with Crippen LogP contribution in [0.25, 0.3) is 0 Å². The first-order valence-electron chi connectivity index (χ1n) is 7.74. The number of carbonyl (C=O) groups is 1. The third-order valence-corrected chi connectivity index (χ3v) is 3.86. The summed E-state index contributed by atoms with van der Waals surface area (Å²) in [7, 11) is 0. The highest BCUT2D eigenvalue weighted by molar-refractivity contribution is 5.87. The lowest BCUT2D eigenvalue weighted by atomic mass is 9.71. The van der Waals surface area contributed by atoms with Gasteiger partial charge in [-0.1, -0.05) is 74.0 Å². The van der Waals surface area contributed by atoms with E-state index in [4.69, 9.17) is 10.5 Å². The molecule has 0 bridgehead atoms. The van der Waals surface area contributed by atoms with Crippen molar-refractivity contribution >= 4 is 18.4 Å². The Morgan fingerprint density at radius 3 is 1.87 bits per heavy atom. The highest BCUT2D eigenvalue weighted by Gasteiger charge is 2.42. The summed E-state index contributed by atoms with van der Waals surface area (Å²) in [6, 6.07) is 19.7. The minimum Gasteiger partial charge on any atom is -0.463 e. The molecule has 0 atom stereocenters. The minimum absolute atomic E-state index is 0. The van der Waals surface area contributed by atoms with E-state index in [-0.39, 0.29) is 25.0 Å². The van der Waals surface area contributed by atoms with E-state index in [1.807, 2.05) is 60.7 Å². The van der Waals surface area contributed by atoms with E-state index in [1.165, 1.54) is 0 Å². The van der Waals surface area contributed by atoms with Crippen LogP contribution in [0.4, 0.5) is 0 Å². The van der Waals surface area contributed by atoms with Crippen LogP contribution in [0.2, 0.25) is 0 Å². The van der Waals surface area contributed by atoms with E-state index in [0.717, 1.165) is 17.5 Å². The minimum atomic E-state index is -0.771. The Morgan fingerprint density at radius 1 is 1.00 bits per heavy atom. The first-order valence-corrected chi connectivity index (χ1v) is 7.74. The molecule has 0 aliphatic rings. The zero-order valence-corrected chi connectivity index (χ0v) is 14.2. The molecule has 0 heterocycles. The molecule has 0 fully saturated rings. The van der Waals surface area contributed by atoms with Gasteiger partial charge in [0.25, 0.3) is 0 Å². The van der Waals surface area contributed by atoms with Crippen LogP contribution in [0.5, 0.6) is 0 Å². The van der Waals surface area contributed by atoms with Gasteiger partial charge in [-0.05, 0) is 17.5 Å². The largest absolute Gasteiger partial charge is 0.463 e. The molecule has 0 aliphatic carbocycles. The number of carbonyl (C=O) groups excluding carboxylic acids is 1. The van der Waals surface area contributed by atoms with Gasteiger partial charge in [-0.2, -0.15) is 0 Å². The van der Waals surface area contributed by atoms with Gasteiger partial charge >= 0.3 is 5.97 Å². The number of ether oxygens (including phenoxy) is 1. The van der Waals surface area contributed by atoms with Crippen molar-refractivity contribution in [2.45, 2.75) is 25.2 Å². The van der Waals surface area contributed by atoms with Crippen LogP contribution in [0, 0.1) is 0 Å². The first-order chi connectivity index (χ1) is 10.8. The molecule has 124 valence electrons. The summed E-state index contributed by atoms with van der Waals surface area (Å²) < 4.78 is 5.45.